The second-order valence-electron chi connectivity index (χ2n) is 6.06. The predicted molar refractivity (Wildman–Crippen MR) is 103 cm³/mol. The van der Waals surface area contributed by atoms with Crippen molar-refractivity contribution in [3.63, 3.8) is 0 Å². The molecule has 0 spiro atoms. The van der Waals surface area contributed by atoms with Crippen molar-refractivity contribution >= 4 is 32.7 Å². The van der Waals surface area contributed by atoms with Crippen molar-refractivity contribution in [1.29, 1.82) is 0 Å². The number of ether oxygens (including phenoxy) is 2. The van der Waals surface area contributed by atoms with E-state index in [1.165, 1.54) is 17.4 Å². The van der Waals surface area contributed by atoms with E-state index in [4.69, 9.17) is 9.47 Å². The summed E-state index contributed by atoms with van der Waals surface area (Å²) in [6, 6.07) is 5.29. The van der Waals surface area contributed by atoms with Crippen LogP contribution in [0.25, 0.3) is 32.0 Å². The fraction of sp³-hybridized carbons (Fsp3) is 0.263. The lowest BCUT2D eigenvalue weighted by atomic mass is 10.1. The van der Waals surface area contributed by atoms with Crippen molar-refractivity contribution in [1.82, 2.24) is 19.9 Å². The molecule has 1 aromatic carbocycles. The summed E-state index contributed by atoms with van der Waals surface area (Å²) < 4.78 is 24.7. The molecule has 0 unspecified atom stereocenters. The van der Waals surface area contributed by atoms with Gasteiger partial charge in [0.25, 0.3) is 5.88 Å². The van der Waals surface area contributed by atoms with Crippen molar-refractivity contribution in [3.8, 4) is 22.3 Å². The SMILES string of the molecule is CCCOc1nc2sc(-c3cc(C)cc4nc(OC)cnc34)nc2cc1F. The van der Waals surface area contributed by atoms with Gasteiger partial charge in [0.2, 0.25) is 5.88 Å². The van der Waals surface area contributed by atoms with Gasteiger partial charge in [-0.05, 0) is 31.0 Å². The van der Waals surface area contributed by atoms with E-state index in [0.717, 1.165) is 23.1 Å². The molecule has 0 saturated carbocycles. The first kappa shape index (κ1) is 17.5. The Kier molecular flexibility index (Phi) is 4.57. The predicted octanol–water partition coefficient (Wildman–Crippen LogP) is 4.55. The van der Waals surface area contributed by atoms with Gasteiger partial charge < -0.3 is 9.47 Å². The molecule has 138 valence electrons. The third-order valence-electron chi connectivity index (χ3n) is 3.96. The normalized spacial score (nSPS) is 11.3. The maximum Gasteiger partial charge on any atom is 0.251 e. The van der Waals surface area contributed by atoms with E-state index in [1.807, 2.05) is 26.0 Å². The topological polar surface area (TPSA) is 70.0 Å². The van der Waals surface area contributed by atoms with Gasteiger partial charge in [-0.3, -0.25) is 0 Å². The first-order valence-electron chi connectivity index (χ1n) is 8.50. The van der Waals surface area contributed by atoms with Gasteiger partial charge >= 0.3 is 0 Å². The van der Waals surface area contributed by atoms with Gasteiger partial charge in [0.05, 0.1) is 30.9 Å². The number of aryl methyl sites for hydroxylation is 1. The van der Waals surface area contributed by atoms with Crippen LogP contribution in [0.2, 0.25) is 0 Å². The van der Waals surface area contributed by atoms with E-state index in [9.17, 15) is 4.39 Å². The maximum atomic E-state index is 14.2. The molecule has 0 N–H and O–H groups in total. The van der Waals surface area contributed by atoms with Crippen molar-refractivity contribution in [2.24, 2.45) is 0 Å². The summed E-state index contributed by atoms with van der Waals surface area (Å²) in [6.45, 7) is 4.35. The molecular weight excluding hydrogens is 367 g/mol. The summed E-state index contributed by atoms with van der Waals surface area (Å²) in [5.74, 6) is -0.0468. The van der Waals surface area contributed by atoms with E-state index < -0.39 is 5.82 Å². The molecule has 0 aliphatic carbocycles. The molecule has 0 aliphatic rings. The average molecular weight is 384 g/mol. The summed E-state index contributed by atoms with van der Waals surface area (Å²) in [4.78, 5) is 18.4. The van der Waals surface area contributed by atoms with Crippen LogP contribution < -0.4 is 9.47 Å². The van der Waals surface area contributed by atoms with Crippen LogP contribution in [0.1, 0.15) is 18.9 Å². The second-order valence-corrected chi connectivity index (χ2v) is 7.04. The fourth-order valence-corrected chi connectivity index (χ4v) is 3.68. The fourth-order valence-electron chi connectivity index (χ4n) is 2.75. The number of halogens is 1. The molecule has 0 saturated heterocycles. The summed E-state index contributed by atoms with van der Waals surface area (Å²) in [6.07, 6.45) is 2.35. The largest absolute Gasteiger partial charge is 0.480 e. The number of hydrogen-bond donors (Lipinski definition) is 0. The third kappa shape index (κ3) is 3.28. The molecule has 0 fully saturated rings. The van der Waals surface area contributed by atoms with Crippen LogP contribution >= 0.6 is 11.3 Å². The van der Waals surface area contributed by atoms with Gasteiger partial charge in [-0.25, -0.2) is 19.3 Å². The highest BCUT2D eigenvalue weighted by Crippen LogP contribution is 2.35. The minimum absolute atomic E-state index is 0.0122. The van der Waals surface area contributed by atoms with E-state index in [0.29, 0.717) is 33.4 Å². The molecular formula is C19H17FN4O2S. The van der Waals surface area contributed by atoms with Gasteiger partial charge in [0.15, 0.2) is 5.82 Å². The van der Waals surface area contributed by atoms with Gasteiger partial charge in [-0.15, -0.1) is 0 Å². The standard InChI is InChI=1S/C19H17FN4O2S/c1-4-5-26-17-12(20)8-14-19(24-17)27-18(23-14)11-6-10(2)7-13-16(11)21-9-15(22-13)25-3/h6-9H,4-5H2,1-3H3. The van der Waals surface area contributed by atoms with Crippen LogP contribution in [0.3, 0.4) is 0 Å². The van der Waals surface area contributed by atoms with Crippen molar-refractivity contribution < 1.29 is 13.9 Å². The summed E-state index contributed by atoms with van der Waals surface area (Å²) >= 11 is 1.37. The number of benzene rings is 1. The Morgan fingerprint density at radius 1 is 1.11 bits per heavy atom. The zero-order valence-corrected chi connectivity index (χ0v) is 15.9. The molecule has 0 aliphatic heterocycles. The van der Waals surface area contributed by atoms with Crippen LogP contribution in [0.4, 0.5) is 4.39 Å². The molecule has 27 heavy (non-hydrogen) atoms. The highest BCUT2D eigenvalue weighted by molar-refractivity contribution is 7.21. The highest BCUT2D eigenvalue weighted by Gasteiger charge is 2.16. The Morgan fingerprint density at radius 3 is 2.74 bits per heavy atom. The summed E-state index contributed by atoms with van der Waals surface area (Å²) in [5, 5.41) is 0.706. The van der Waals surface area contributed by atoms with Crippen LogP contribution in [0, 0.1) is 12.7 Å². The zero-order chi connectivity index (χ0) is 19.0. The lowest BCUT2D eigenvalue weighted by Gasteiger charge is -2.06. The molecule has 0 amide bonds. The molecule has 3 aromatic heterocycles. The van der Waals surface area contributed by atoms with Gasteiger partial charge in [0, 0.05) is 11.6 Å². The highest BCUT2D eigenvalue weighted by atomic mass is 32.1. The second kappa shape index (κ2) is 7.03. The molecule has 6 nitrogen and oxygen atoms in total. The molecule has 0 bridgehead atoms. The Labute approximate surface area is 159 Å². The van der Waals surface area contributed by atoms with Crippen LogP contribution in [-0.2, 0) is 0 Å². The van der Waals surface area contributed by atoms with E-state index in [2.05, 4.69) is 19.9 Å². The molecule has 3 heterocycles. The minimum Gasteiger partial charge on any atom is -0.480 e. The van der Waals surface area contributed by atoms with Crippen molar-refractivity contribution in [2.75, 3.05) is 13.7 Å². The number of methoxy groups -OCH3 is 1. The molecule has 0 atom stereocenters. The van der Waals surface area contributed by atoms with Crippen molar-refractivity contribution in [2.45, 2.75) is 20.3 Å². The van der Waals surface area contributed by atoms with Crippen LogP contribution in [-0.4, -0.2) is 33.7 Å². The van der Waals surface area contributed by atoms with E-state index in [-0.39, 0.29) is 5.88 Å². The monoisotopic (exact) mass is 384 g/mol. The Morgan fingerprint density at radius 2 is 1.96 bits per heavy atom. The smallest absolute Gasteiger partial charge is 0.251 e. The Balaban J connectivity index is 1.86. The molecule has 0 radical (unpaired) electrons. The van der Waals surface area contributed by atoms with E-state index >= 15 is 0 Å². The molecule has 4 aromatic rings. The lowest BCUT2D eigenvalue weighted by molar-refractivity contribution is 0.290. The quantitative estimate of drug-likeness (QED) is 0.503. The first-order valence-corrected chi connectivity index (χ1v) is 9.32. The van der Waals surface area contributed by atoms with Crippen LogP contribution in [0.5, 0.6) is 11.8 Å². The number of thiazole rings is 1. The van der Waals surface area contributed by atoms with Crippen LogP contribution in [0.15, 0.2) is 24.4 Å². The summed E-state index contributed by atoms with van der Waals surface area (Å²) in [7, 11) is 1.55. The molecule has 4 rings (SSSR count). The summed E-state index contributed by atoms with van der Waals surface area (Å²) in [5.41, 5.74) is 3.77. The number of fused-ring (bicyclic) bond motifs is 2. The number of nitrogens with zero attached hydrogens (tertiary/aromatic N) is 4. The maximum absolute atomic E-state index is 14.2. The molecule has 8 heteroatoms. The number of pyridine rings is 1. The van der Waals surface area contributed by atoms with E-state index in [1.54, 1.807) is 13.3 Å². The van der Waals surface area contributed by atoms with Gasteiger partial charge in [-0.2, -0.15) is 4.98 Å². The number of rotatable bonds is 5. The zero-order valence-electron chi connectivity index (χ0n) is 15.1. The Bertz CT molecular complexity index is 1150. The van der Waals surface area contributed by atoms with Crippen molar-refractivity contribution in [3.05, 3.63) is 35.8 Å². The van der Waals surface area contributed by atoms with Gasteiger partial charge in [-0.1, -0.05) is 18.3 Å². The first-order chi connectivity index (χ1) is 13.1. The third-order valence-corrected chi connectivity index (χ3v) is 4.95. The lowest BCUT2D eigenvalue weighted by Crippen LogP contribution is -1.99. The number of hydrogen-bond acceptors (Lipinski definition) is 7. The average Bonchev–Trinajstić information content (AvgIpc) is 3.07. The Hall–Kier alpha value is -2.87. The number of aromatic nitrogens is 4. The van der Waals surface area contributed by atoms with Gasteiger partial charge in [0.1, 0.15) is 15.4 Å². The minimum atomic E-state index is -0.508.